The van der Waals surface area contributed by atoms with Crippen molar-refractivity contribution in [2.45, 2.75) is 50.9 Å². The predicted molar refractivity (Wildman–Crippen MR) is 134 cm³/mol. The molecule has 1 fully saturated rings. The third-order valence-corrected chi connectivity index (χ3v) is 8.85. The highest BCUT2D eigenvalue weighted by atomic mass is 32.2. The van der Waals surface area contributed by atoms with E-state index in [2.05, 4.69) is 15.2 Å². The highest BCUT2D eigenvalue weighted by Gasteiger charge is 2.36. The van der Waals surface area contributed by atoms with Gasteiger partial charge in [-0.25, -0.2) is 8.42 Å². The van der Waals surface area contributed by atoms with Crippen LogP contribution in [-0.4, -0.2) is 68.3 Å². The van der Waals surface area contributed by atoms with Crippen molar-refractivity contribution >= 4 is 27.5 Å². The molecule has 1 saturated heterocycles. The lowest BCUT2D eigenvalue weighted by Crippen LogP contribution is -2.47. The highest BCUT2D eigenvalue weighted by molar-refractivity contribution is 7.99. The fourth-order valence-corrected chi connectivity index (χ4v) is 6.80. The van der Waals surface area contributed by atoms with Gasteiger partial charge in [-0.1, -0.05) is 36.9 Å². The number of rotatable bonds is 8. The lowest BCUT2D eigenvalue weighted by Gasteiger charge is -2.33. The van der Waals surface area contributed by atoms with Gasteiger partial charge in [-0.15, -0.1) is 10.2 Å². The van der Waals surface area contributed by atoms with Crippen molar-refractivity contribution in [2.24, 2.45) is 0 Å². The molecule has 3 aromatic rings. The minimum Gasteiger partial charge on any atom is -0.335 e. The molecule has 0 aliphatic carbocycles. The number of carbonyl (C=O) groups excluding carboxylic acids is 1. The van der Waals surface area contributed by atoms with Gasteiger partial charge in [-0.05, 0) is 50.5 Å². The summed E-state index contributed by atoms with van der Waals surface area (Å²) in [6, 6.07) is 11.4. The van der Waals surface area contributed by atoms with Gasteiger partial charge in [0.25, 0.3) is 0 Å². The molecule has 1 aromatic carbocycles. The molecule has 2 atom stereocenters. The van der Waals surface area contributed by atoms with Gasteiger partial charge in [0.2, 0.25) is 5.91 Å². The van der Waals surface area contributed by atoms with Crippen LogP contribution in [0.25, 0.3) is 17.1 Å². The summed E-state index contributed by atoms with van der Waals surface area (Å²) in [7, 11) is -3.09. The summed E-state index contributed by atoms with van der Waals surface area (Å²) in [6.07, 6.45) is 4.70. The molecule has 1 aliphatic rings. The van der Waals surface area contributed by atoms with Gasteiger partial charge in [0.15, 0.2) is 20.8 Å². The quantitative estimate of drug-likeness (QED) is 0.437. The third kappa shape index (κ3) is 5.17. The van der Waals surface area contributed by atoms with E-state index in [-0.39, 0.29) is 35.2 Å². The van der Waals surface area contributed by atoms with Crippen LogP contribution in [0.2, 0.25) is 0 Å². The molecule has 10 heteroatoms. The van der Waals surface area contributed by atoms with Gasteiger partial charge in [0.05, 0.1) is 22.9 Å². The molecule has 0 spiro atoms. The molecule has 8 nitrogen and oxygen atoms in total. The fraction of sp³-hybridized carbons (Fsp3) is 0.417. The Balaban J connectivity index is 1.63. The number of nitrogens with zero attached hydrogens (tertiary/aromatic N) is 5. The largest absolute Gasteiger partial charge is 0.335 e. The number of para-hydroxylation sites is 1. The van der Waals surface area contributed by atoms with E-state index in [0.717, 1.165) is 23.2 Å². The van der Waals surface area contributed by atoms with Crippen LogP contribution >= 0.6 is 11.8 Å². The number of aromatic nitrogens is 4. The average molecular weight is 500 g/mol. The van der Waals surface area contributed by atoms with Crippen LogP contribution in [0.3, 0.4) is 0 Å². The van der Waals surface area contributed by atoms with Crippen molar-refractivity contribution in [3.63, 3.8) is 0 Å². The van der Waals surface area contributed by atoms with E-state index in [0.29, 0.717) is 17.4 Å². The SMILES string of the molecule is CCC(C)N(C(=O)CSc1nnc(-c2cccnc2)n1-c1ccccc1C)C1CCS(=O)(=O)C1. The summed E-state index contributed by atoms with van der Waals surface area (Å²) in [5.41, 5.74) is 2.81. The zero-order valence-corrected chi connectivity index (χ0v) is 21.2. The summed E-state index contributed by atoms with van der Waals surface area (Å²) < 4.78 is 26.1. The van der Waals surface area contributed by atoms with E-state index in [1.807, 2.05) is 61.7 Å². The molecule has 4 rings (SSSR count). The Kier molecular flexibility index (Phi) is 7.37. The van der Waals surface area contributed by atoms with Crippen molar-refractivity contribution < 1.29 is 13.2 Å². The number of sulfone groups is 1. The second-order valence-corrected chi connectivity index (χ2v) is 11.7. The zero-order chi connectivity index (χ0) is 24.3. The molecular formula is C24H29N5O3S2. The second kappa shape index (κ2) is 10.3. The van der Waals surface area contributed by atoms with Crippen molar-refractivity contribution in [3.8, 4) is 17.1 Å². The molecule has 180 valence electrons. The lowest BCUT2D eigenvalue weighted by atomic mass is 10.1. The van der Waals surface area contributed by atoms with Crippen LogP contribution in [0.5, 0.6) is 0 Å². The van der Waals surface area contributed by atoms with E-state index >= 15 is 0 Å². The van der Waals surface area contributed by atoms with Crippen LogP contribution in [0, 0.1) is 6.92 Å². The number of hydrogen-bond acceptors (Lipinski definition) is 7. The maximum atomic E-state index is 13.3. The summed E-state index contributed by atoms with van der Waals surface area (Å²) >= 11 is 1.32. The fourth-order valence-electron chi connectivity index (χ4n) is 4.28. The maximum Gasteiger partial charge on any atom is 0.233 e. The smallest absolute Gasteiger partial charge is 0.233 e. The number of carbonyl (C=O) groups is 1. The molecule has 1 amide bonds. The van der Waals surface area contributed by atoms with Crippen molar-refractivity contribution in [1.82, 2.24) is 24.6 Å². The van der Waals surface area contributed by atoms with Crippen LogP contribution in [0.4, 0.5) is 0 Å². The average Bonchev–Trinajstić information content (AvgIpc) is 3.41. The first-order valence-corrected chi connectivity index (χ1v) is 14.2. The van der Waals surface area contributed by atoms with Crippen LogP contribution < -0.4 is 0 Å². The Morgan fingerprint density at radius 3 is 2.68 bits per heavy atom. The van der Waals surface area contributed by atoms with Crippen LogP contribution in [0.1, 0.15) is 32.3 Å². The normalized spacial score (nSPS) is 18.0. The Bertz CT molecular complexity index is 1260. The summed E-state index contributed by atoms with van der Waals surface area (Å²) in [4.78, 5) is 19.3. The standard InChI is InChI=1S/C24H29N5O3S2/c1-4-18(3)28(20-11-13-34(31,32)16-20)22(30)15-33-24-27-26-23(19-9-7-12-25-14-19)29(24)21-10-6-5-8-17(21)2/h5-10,12,14,18,20H,4,11,13,15-16H2,1-3H3. The van der Waals surface area contributed by atoms with Gasteiger partial charge >= 0.3 is 0 Å². The van der Waals surface area contributed by atoms with E-state index in [1.54, 1.807) is 17.3 Å². The van der Waals surface area contributed by atoms with E-state index in [4.69, 9.17) is 0 Å². The molecule has 0 N–H and O–H groups in total. The molecular weight excluding hydrogens is 470 g/mol. The molecule has 0 bridgehead atoms. The topological polar surface area (TPSA) is 98.1 Å². The number of amides is 1. The van der Waals surface area contributed by atoms with Gasteiger partial charge in [-0.3, -0.25) is 14.3 Å². The summed E-state index contributed by atoms with van der Waals surface area (Å²) in [5.74, 6) is 0.902. The van der Waals surface area contributed by atoms with E-state index < -0.39 is 9.84 Å². The molecule has 34 heavy (non-hydrogen) atoms. The monoisotopic (exact) mass is 499 g/mol. The number of aryl methyl sites for hydroxylation is 1. The maximum absolute atomic E-state index is 13.3. The molecule has 2 aromatic heterocycles. The minimum atomic E-state index is -3.09. The summed E-state index contributed by atoms with van der Waals surface area (Å²) in [6.45, 7) is 6.01. The Labute approximate surface area is 204 Å². The van der Waals surface area contributed by atoms with Crippen LogP contribution in [0.15, 0.2) is 53.9 Å². The van der Waals surface area contributed by atoms with Gasteiger partial charge in [0.1, 0.15) is 0 Å². The first kappa shape index (κ1) is 24.4. The Morgan fingerprint density at radius 2 is 2.03 bits per heavy atom. The molecule has 0 saturated carbocycles. The highest BCUT2D eigenvalue weighted by Crippen LogP contribution is 2.30. The van der Waals surface area contributed by atoms with Crippen molar-refractivity contribution in [3.05, 3.63) is 54.4 Å². The van der Waals surface area contributed by atoms with Crippen molar-refractivity contribution in [1.29, 1.82) is 0 Å². The number of pyridine rings is 1. The Hall–Kier alpha value is -2.72. The zero-order valence-electron chi connectivity index (χ0n) is 19.6. The lowest BCUT2D eigenvalue weighted by molar-refractivity contribution is -0.132. The third-order valence-electron chi connectivity index (χ3n) is 6.19. The predicted octanol–water partition coefficient (Wildman–Crippen LogP) is 3.54. The number of hydrogen-bond donors (Lipinski definition) is 0. The number of benzene rings is 1. The molecule has 3 heterocycles. The summed E-state index contributed by atoms with van der Waals surface area (Å²) in [5, 5.41) is 9.43. The van der Waals surface area contributed by atoms with Crippen LogP contribution in [-0.2, 0) is 14.6 Å². The molecule has 1 aliphatic heterocycles. The van der Waals surface area contributed by atoms with Crippen molar-refractivity contribution in [2.75, 3.05) is 17.3 Å². The Morgan fingerprint density at radius 1 is 1.24 bits per heavy atom. The first-order chi connectivity index (χ1) is 16.3. The van der Waals surface area contributed by atoms with E-state index in [9.17, 15) is 13.2 Å². The van der Waals surface area contributed by atoms with Gasteiger partial charge in [-0.2, -0.15) is 0 Å². The minimum absolute atomic E-state index is 0.0356. The van der Waals surface area contributed by atoms with Gasteiger partial charge < -0.3 is 4.90 Å². The first-order valence-electron chi connectivity index (χ1n) is 11.4. The number of thioether (sulfide) groups is 1. The van der Waals surface area contributed by atoms with Gasteiger partial charge in [0, 0.05) is 30.0 Å². The molecule has 0 radical (unpaired) electrons. The van der Waals surface area contributed by atoms with E-state index in [1.165, 1.54) is 11.8 Å². The molecule has 2 unspecified atom stereocenters. The second-order valence-electron chi connectivity index (χ2n) is 8.57.